The normalized spacial score (nSPS) is 14.5. The molecule has 1 aromatic carbocycles. The average molecular weight is 450 g/mol. The van der Waals surface area contributed by atoms with Gasteiger partial charge in [0.15, 0.2) is 0 Å². The van der Waals surface area contributed by atoms with E-state index in [2.05, 4.69) is 16.0 Å². The van der Waals surface area contributed by atoms with Crippen molar-refractivity contribution >= 4 is 29.6 Å². The highest BCUT2D eigenvalue weighted by molar-refractivity contribution is 5.96. The monoisotopic (exact) mass is 449 g/mol. The van der Waals surface area contributed by atoms with Crippen LogP contribution in [-0.2, 0) is 30.4 Å². The van der Waals surface area contributed by atoms with E-state index < -0.39 is 60.2 Å². The van der Waals surface area contributed by atoms with E-state index in [0.717, 1.165) is 0 Å². The second-order valence-corrected chi connectivity index (χ2v) is 7.82. The molecule has 0 spiro atoms. The molecule has 0 aliphatic heterocycles. The Bertz CT molecular complexity index is 829. The summed E-state index contributed by atoms with van der Waals surface area (Å²) in [6, 6.07) is 4.13. The molecule has 176 valence electrons. The van der Waals surface area contributed by atoms with Crippen molar-refractivity contribution in [2.45, 2.75) is 57.8 Å². The molecule has 32 heavy (non-hydrogen) atoms. The lowest BCUT2D eigenvalue weighted by molar-refractivity contribution is -0.142. The van der Waals surface area contributed by atoms with E-state index >= 15 is 0 Å². The molecule has 11 nitrogen and oxygen atoms in total. The summed E-state index contributed by atoms with van der Waals surface area (Å²) in [7, 11) is 0. The summed E-state index contributed by atoms with van der Waals surface area (Å²) in [6.07, 6.45) is -0.446. The summed E-state index contributed by atoms with van der Waals surface area (Å²) >= 11 is 0. The number of nitrogens with two attached hydrogens (primary N) is 2. The Balaban J connectivity index is 2.79. The van der Waals surface area contributed by atoms with Crippen LogP contribution < -0.4 is 27.4 Å². The lowest BCUT2D eigenvalue weighted by Gasteiger charge is -2.23. The molecule has 4 amide bonds. The number of carboxylic acids is 1. The molecule has 0 bridgehead atoms. The molecule has 11 heteroatoms. The minimum Gasteiger partial charge on any atom is -0.480 e. The Hall–Kier alpha value is -3.47. The Morgan fingerprint density at radius 3 is 1.94 bits per heavy atom. The Labute approximate surface area is 186 Å². The highest BCUT2D eigenvalue weighted by Crippen LogP contribution is 2.05. The van der Waals surface area contributed by atoms with Gasteiger partial charge in [0, 0.05) is 6.42 Å². The maximum atomic E-state index is 12.6. The molecule has 0 saturated carbocycles. The lowest BCUT2D eigenvalue weighted by atomic mass is 10.0. The van der Waals surface area contributed by atoms with Crippen LogP contribution in [-0.4, -0.2) is 58.9 Å². The Morgan fingerprint density at radius 1 is 0.875 bits per heavy atom. The standard InChI is InChI=1S/C21H31N5O6/c1-11(2)17(23)20(30)25-14(10-16(22)27)19(29)24-12(3)18(28)26-15(21(31)32)9-13-7-5-4-6-8-13/h4-8,11-12,14-15,17H,9-10,23H2,1-3H3,(H2,22,27)(H,24,29)(H,25,30)(H,26,28)(H,31,32). The van der Waals surface area contributed by atoms with Gasteiger partial charge in [-0.05, 0) is 18.4 Å². The largest absolute Gasteiger partial charge is 0.480 e. The van der Waals surface area contributed by atoms with Crippen molar-refractivity contribution in [3.63, 3.8) is 0 Å². The first kappa shape index (κ1) is 26.6. The van der Waals surface area contributed by atoms with Gasteiger partial charge in [-0.2, -0.15) is 0 Å². The van der Waals surface area contributed by atoms with E-state index in [9.17, 15) is 29.1 Å². The zero-order valence-corrected chi connectivity index (χ0v) is 18.3. The molecule has 0 aliphatic rings. The van der Waals surface area contributed by atoms with Gasteiger partial charge in [-0.3, -0.25) is 19.2 Å². The fourth-order valence-corrected chi connectivity index (χ4v) is 2.71. The van der Waals surface area contributed by atoms with Gasteiger partial charge < -0.3 is 32.5 Å². The topological polar surface area (TPSA) is 194 Å². The summed E-state index contributed by atoms with van der Waals surface area (Å²) in [5.74, 6) is -4.51. The number of carbonyl (C=O) groups is 5. The second kappa shape index (κ2) is 12.4. The first-order valence-electron chi connectivity index (χ1n) is 10.1. The number of aliphatic carboxylic acids is 1. The van der Waals surface area contributed by atoms with Crippen molar-refractivity contribution in [1.29, 1.82) is 0 Å². The molecule has 0 aromatic heterocycles. The van der Waals surface area contributed by atoms with Crippen molar-refractivity contribution in [2.75, 3.05) is 0 Å². The van der Waals surface area contributed by atoms with Crippen LogP contribution in [0, 0.1) is 5.92 Å². The maximum Gasteiger partial charge on any atom is 0.326 e. The molecular formula is C21H31N5O6. The molecule has 0 saturated heterocycles. The fourth-order valence-electron chi connectivity index (χ4n) is 2.71. The molecule has 1 aromatic rings. The van der Waals surface area contributed by atoms with Crippen LogP contribution in [0.25, 0.3) is 0 Å². The molecule has 4 unspecified atom stereocenters. The number of hydrogen-bond donors (Lipinski definition) is 6. The second-order valence-electron chi connectivity index (χ2n) is 7.82. The van der Waals surface area contributed by atoms with Crippen molar-refractivity contribution < 1.29 is 29.1 Å². The summed E-state index contributed by atoms with van der Waals surface area (Å²) in [5.41, 5.74) is 11.6. The number of carboxylic acid groups (broad SMARTS) is 1. The molecular weight excluding hydrogens is 418 g/mol. The summed E-state index contributed by atoms with van der Waals surface area (Å²) in [4.78, 5) is 60.1. The van der Waals surface area contributed by atoms with Gasteiger partial charge in [-0.15, -0.1) is 0 Å². The number of nitrogens with one attached hydrogen (secondary N) is 3. The van der Waals surface area contributed by atoms with Crippen LogP contribution in [0.5, 0.6) is 0 Å². The number of rotatable bonds is 12. The summed E-state index contributed by atoms with van der Waals surface area (Å²) < 4.78 is 0. The number of amides is 4. The Kier molecular flexibility index (Phi) is 10.3. The van der Waals surface area contributed by atoms with Crippen LogP contribution in [0.15, 0.2) is 30.3 Å². The van der Waals surface area contributed by atoms with Gasteiger partial charge in [0.1, 0.15) is 18.1 Å². The number of carbonyl (C=O) groups excluding carboxylic acids is 4. The highest BCUT2D eigenvalue weighted by atomic mass is 16.4. The SMILES string of the molecule is CC(NC(=O)C(CC(N)=O)NC(=O)C(N)C(C)C)C(=O)NC(Cc1ccccc1)C(=O)O. The molecule has 1 rings (SSSR count). The van der Waals surface area contributed by atoms with Gasteiger partial charge >= 0.3 is 5.97 Å². The van der Waals surface area contributed by atoms with Crippen LogP contribution in [0.4, 0.5) is 0 Å². The number of hydrogen-bond acceptors (Lipinski definition) is 6. The summed E-state index contributed by atoms with van der Waals surface area (Å²) in [5, 5.41) is 16.5. The number of benzene rings is 1. The third kappa shape index (κ3) is 8.72. The molecule has 0 radical (unpaired) electrons. The van der Waals surface area contributed by atoms with Crippen LogP contribution in [0.1, 0.15) is 32.8 Å². The lowest BCUT2D eigenvalue weighted by Crippen LogP contribution is -2.57. The quantitative estimate of drug-likeness (QED) is 0.227. The third-order valence-corrected chi connectivity index (χ3v) is 4.71. The molecule has 4 atom stereocenters. The first-order chi connectivity index (χ1) is 14.9. The first-order valence-corrected chi connectivity index (χ1v) is 10.1. The zero-order chi connectivity index (χ0) is 24.4. The van der Waals surface area contributed by atoms with Crippen LogP contribution in [0.2, 0.25) is 0 Å². The highest BCUT2D eigenvalue weighted by Gasteiger charge is 2.29. The minimum atomic E-state index is -1.33. The van der Waals surface area contributed by atoms with Crippen molar-refractivity contribution in [2.24, 2.45) is 17.4 Å². The van der Waals surface area contributed by atoms with Gasteiger partial charge in [-0.25, -0.2) is 4.79 Å². The van der Waals surface area contributed by atoms with Crippen LogP contribution >= 0.6 is 0 Å². The third-order valence-electron chi connectivity index (χ3n) is 4.71. The molecule has 0 aliphatic carbocycles. The average Bonchev–Trinajstić information content (AvgIpc) is 2.72. The van der Waals surface area contributed by atoms with E-state index in [4.69, 9.17) is 11.5 Å². The predicted octanol–water partition coefficient (Wildman–Crippen LogP) is -1.35. The van der Waals surface area contributed by atoms with Crippen LogP contribution in [0.3, 0.4) is 0 Å². The predicted molar refractivity (Wildman–Crippen MR) is 116 cm³/mol. The van der Waals surface area contributed by atoms with E-state index in [0.29, 0.717) is 5.56 Å². The van der Waals surface area contributed by atoms with Gasteiger partial charge in [0.25, 0.3) is 0 Å². The van der Waals surface area contributed by atoms with Gasteiger partial charge in [0.05, 0.1) is 12.5 Å². The molecule has 0 fully saturated rings. The Morgan fingerprint density at radius 2 is 1.44 bits per heavy atom. The molecule has 0 heterocycles. The van der Waals surface area contributed by atoms with E-state index in [-0.39, 0.29) is 12.3 Å². The fraction of sp³-hybridized carbons (Fsp3) is 0.476. The van der Waals surface area contributed by atoms with Gasteiger partial charge in [0.2, 0.25) is 23.6 Å². The summed E-state index contributed by atoms with van der Waals surface area (Å²) in [6.45, 7) is 4.78. The van der Waals surface area contributed by atoms with Crippen molar-refractivity contribution in [3.8, 4) is 0 Å². The van der Waals surface area contributed by atoms with Crippen molar-refractivity contribution in [1.82, 2.24) is 16.0 Å². The van der Waals surface area contributed by atoms with E-state index in [1.54, 1.807) is 44.2 Å². The van der Waals surface area contributed by atoms with E-state index in [1.165, 1.54) is 6.92 Å². The van der Waals surface area contributed by atoms with Gasteiger partial charge in [-0.1, -0.05) is 44.2 Å². The minimum absolute atomic E-state index is 0.0516. The van der Waals surface area contributed by atoms with E-state index in [1.807, 2.05) is 0 Å². The zero-order valence-electron chi connectivity index (χ0n) is 18.3. The molecule has 8 N–H and O–H groups in total. The number of primary amides is 1. The maximum absolute atomic E-state index is 12.6. The van der Waals surface area contributed by atoms with Crippen molar-refractivity contribution in [3.05, 3.63) is 35.9 Å². The smallest absolute Gasteiger partial charge is 0.326 e.